The molecule has 0 radical (unpaired) electrons. The number of aromatic nitrogens is 2. The summed E-state index contributed by atoms with van der Waals surface area (Å²) in [5, 5.41) is 0. The van der Waals surface area contributed by atoms with Crippen molar-refractivity contribution in [2.45, 2.75) is 26.7 Å². The quantitative estimate of drug-likeness (QED) is 0.734. The van der Waals surface area contributed by atoms with Crippen molar-refractivity contribution >= 4 is 5.97 Å². The van der Waals surface area contributed by atoms with Gasteiger partial charge in [0.25, 0.3) is 0 Å². The Bertz CT molecular complexity index is 569. The molecule has 2 atom stereocenters. The van der Waals surface area contributed by atoms with Crippen molar-refractivity contribution in [3.05, 3.63) is 17.7 Å². The Morgan fingerprint density at radius 1 is 1.88 bits per heavy atom. The molecule has 0 bridgehead atoms. The van der Waals surface area contributed by atoms with Gasteiger partial charge in [0.05, 0.1) is 13.9 Å². The Labute approximate surface area is 103 Å². The number of esters is 1. The third-order valence-corrected chi connectivity index (χ3v) is 2.92. The van der Waals surface area contributed by atoms with Crippen LogP contribution in [0, 0.1) is 18.7 Å². The van der Waals surface area contributed by atoms with Crippen LogP contribution < -0.4 is 0 Å². The fourth-order valence-electron chi connectivity index (χ4n) is 1.94. The van der Waals surface area contributed by atoms with Crippen LogP contribution in [0.4, 0.5) is 0 Å². The van der Waals surface area contributed by atoms with Crippen molar-refractivity contribution in [1.29, 1.82) is 0 Å². The van der Waals surface area contributed by atoms with E-state index in [1.807, 2.05) is 0 Å². The van der Waals surface area contributed by atoms with Gasteiger partial charge in [-0.2, -0.15) is 0 Å². The average Bonchev–Trinajstić information content (AvgIpc) is 2.76. The molecule has 0 aromatic carbocycles. The van der Waals surface area contributed by atoms with E-state index in [1.54, 1.807) is 6.92 Å². The minimum absolute atomic E-state index is 0.0463. The largest absolute Gasteiger partial charge is 0.465 e. The highest BCUT2D eigenvalue weighted by atomic mass is 16.5. The molecule has 0 saturated carbocycles. The van der Waals surface area contributed by atoms with Gasteiger partial charge in [0.15, 0.2) is 0 Å². The number of hydrogen-bond acceptors (Lipinski definition) is 3. The molecule has 1 aliphatic rings. The highest BCUT2D eigenvalue weighted by Gasteiger charge is 2.35. The maximum Gasteiger partial charge on any atom is 0.309 e. The third-order valence-electron chi connectivity index (χ3n) is 2.92. The first-order chi connectivity index (χ1) is 9.60. The van der Waals surface area contributed by atoms with Gasteiger partial charge in [-0.1, -0.05) is 6.92 Å². The third kappa shape index (κ3) is 1.84. The average molecular weight is 227 g/mol. The van der Waals surface area contributed by atoms with E-state index in [-0.39, 0.29) is 30.7 Å². The predicted molar refractivity (Wildman–Crippen MR) is 59.9 cm³/mol. The number of cyclic esters (lactones) is 1. The number of carbonyl (C=O) groups excluding carboxylic acids is 1. The number of hydrogen-bond donors (Lipinski definition) is 0. The van der Waals surface area contributed by atoms with Gasteiger partial charge in [0, 0.05) is 30.2 Å². The molecule has 4 heteroatoms. The molecule has 4 nitrogen and oxygen atoms in total. The Hall–Kier alpha value is -1.32. The Morgan fingerprint density at radius 2 is 2.69 bits per heavy atom. The normalized spacial score (nSPS) is 34.8. The van der Waals surface area contributed by atoms with E-state index in [1.165, 1.54) is 6.92 Å². The van der Waals surface area contributed by atoms with Gasteiger partial charge >= 0.3 is 5.97 Å². The number of imidazole rings is 1. The summed E-state index contributed by atoms with van der Waals surface area (Å²) in [5.74, 6) is -2.10. The summed E-state index contributed by atoms with van der Waals surface area (Å²) in [6, 6.07) is 0. The molecule has 0 spiro atoms. The van der Waals surface area contributed by atoms with Crippen molar-refractivity contribution in [3.8, 4) is 0 Å². The molecule has 0 unspecified atom stereocenters. The second-order valence-electron chi connectivity index (χ2n) is 3.96. The Balaban J connectivity index is 2.43. The minimum atomic E-state index is -2.47. The van der Waals surface area contributed by atoms with Gasteiger partial charge < -0.3 is 9.30 Å². The molecule has 2 rings (SSSR count). The molecule has 16 heavy (non-hydrogen) atoms. The summed E-state index contributed by atoms with van der Waals surface area (Å²) >= 11 is 0. The molecule has 1 saturated heterocycles. The highest BCUT2D eigenvalue weighted by Crippen LogP contribution is 2.28. The van der Waals surface area contributed by atoms with Crippen molar-refractivity contribution < 1.29 is 16.4 Å². The smallest absolute Gasteiger partial charge is 0.309 e. The lowest BCUT2D eigenvalue weighted by Gasteiger charge is -2.13. The van der Waals surface area contributed by atoms with Gasteiger partial charge in [-0.3, -0.25) is 4.79 Å². The van der Waals surface area contributed by atoms with Crippen LogP contribution in [0.5, 0.6) is 0 Å². The first-order valence-electron chi connectivity index (χ1n) is 7.82. The number of rotatable bonds is 3. The van der Waals surface area contributed by atoms with Gasteiger partial charge in [0.2, 0.25) is 0 Å². The summed E-state index contributed by atoms with van der Waals surface area (Å²) in [5.41, 5.74) is 0.152. The number of carbonyl (C=O) groups is 1. The van der Waals surface area contributed by atoms with Crippen molar-refractivity contribution in [1.82, 2.24) is 9.55 Å². The molecular formula is C12H18N2O2. The summed E-state index contributed by atoms with van der Waals surface area (Å²) < 4.78 is 44.9. The molecular weight excluding hydrogens is 204 g/mol. The molecule has 1 aromatic rings. The fourth-order valence-corrected chi connectivity index (χ4v) is 1.94. The highest BCUT2D eigenvalue weighted by molar-refractivity contribution is 5.74. The summed E-state index contributed by atoms with van der Waals surface area (Å²) in [7, 11) is 0. The summed E-state index contributed by atoms with van der Waals surface area (Å²) in [6.45, 7) is 0.745. The number of aryl methyl sites for hydroxylation is 1. The predicted octanol–water partition coefficient (Wildman–Crippen LogP) is 1.47. The van der Waals surface area contributed by atoms with E-state index >= 15 is 0 Å². The monoisotopic (exact) mass is 227 g/mol. The fraction of sp³-hybridized carbons (Fsp3) is 0.667. The van der Waals surface area contributed by atoms with E-state index < -0.39 is 24.8 Å². The van der Waals surface area contributed by atoms with Crippen molar-refractivity contribution in [2.75, 3.05) is 6.61 Å². The van der Waals surface area contributed by atoms with Crippen LogP contribution in [0.25, 0.3) is 0 Å². The molecule has 1 fully saturated rings. The van der Waals surface area contributed by atoms with Gasteiger partial charge in [-0.15, -0.1) is 0 Å². The zero-order valence-corrected chi connectivity index (χ0v) is 9.41. The second kappa shape index (κ2) is 4.28. The molecule has 0 amide bonds. The molecule has 2 heterocycles. The lowest BCUT2D eigenvalue weighted by atomic mass is 9.89. The van der Waals surface area contributed by atoms with Gasteiger partial charge in [-0.05, 0) is 19.8 Å². The molecule has 88 valence electrons. The minimum Gasteiger partial charge on any atom is -0.465 e. The second-order valence-corrected chi connectivity index (χ2v) is 3.96. The van der Waals surface area contributed by atoms with Crippen LogP contribution in [0.1, 0.15) is 31.7 Å². The Kier molecular flexibility index (Phi) is 1.72. The number of nitrogens with zero attached hydrogens (tertiary/aromatic N) is 2. The van der Waals surface area contributed by atoms with E-state index in [0.29, 0.717) is 6.42 Å². The maximum absolute atomic E-state index is 11.7. The molecule has 0 aliphatic carbocycles. The summed E-state index contributed by atoms with van der Waals surface area (Å²) in [6.07, 6.45) is 0.232. The van der Waals surface area contributed by atoms with E-state index in [2.05, 4.69) is 4.98 Å². The SMILES string of the molecule is [2H]c1nc(C)n(C([2H])([2H])[2H])c1C[C@@]1([2H])COC(=O)[C@H]1CC. The van der Waals surface area contributed by atoms with Crippen molar-refractivity contribution in [2.24, 2.45) is 18.8 Å². The molecule has 1 aromatic heterocycles. The van der Waals surface area contributed by atoms with Gasteiger partial charge in [-0.25, -0.2) is 4.98 Å². The first-order valence-corrected chi connectivity index (χ1v) is 5.32. The first kappa shape index (κ1) is 6.42. The van der Waals surface area contributed by atoms with Crippen LogP contribution in [0.2, 0.25) is 0 Å². The van der Waals surface area contributed by atoms with Crippen molar-refractivity contribution in [3.63, 3.8) is 0 Å². The number of ether oxygens (including phenoxy) is 1. The van der Waals surface area contributed by atoms with Crippen LogP contribution in [0.3, 0.4) is 0 Å². The van der Waals surface area contributed by atoms with E-state index in [4.69, 9.17) is 11.6 Å². The van der Waals surface area contributed by atoms with E-state index in [0.717, 1.165) is 4.57 Å². The molecule has 0 N–H and O–H groups in total. The molecule has 1 aliphatic heterocycles. The topological polar surface area (TPSA) is 44.1 Å². The van der Waals surface area contributed by atoms with E-state index in [9.17, 15) is 4.79 Å². The van der Waals surface area contributed by atoms with Gasteiger partial charge in [0.1, 0.15) is 5.82 Å². The Morgan fingerprint density at radius 3 is 3.38 bits per heavy atom. The summed E-state index contributed by atoms with van der Waals surface area (Å²) in [4.78, 5) is 15.5. The van der Waals surface area contributed by atoms with Crippen LogP contribution in [0.15, 0.2) is 6.17 Å². The lowest BCUT2D eigenvalue weighted by molar-refractivity contribution is -0.141. The van der Waals surface area contributed by atoms with Crippen LogP contribution >= 0.6 is 0 Å². The zero-order valence-electron chi connectivity index (χ0n) is 14.4. The van der Waals surface area contributed by atoms with Crippen LogP contribution in [-0.2, 0) is 22.9 Å². The lowest BCUT2D eigenvalue weighted by Crippen LogP contribution is -2.18. The zero-order chi connectivity index (χ0) is 16.0. The maximum atomic E-state index is 11.7. The van der Waals surface area contributed by atoms with Crippen LogP contribution in [-0.4, -0.2) is 22.1 Å². The standard InChI is InChI=1S/C12H18N2O2/c1-4-11-9(7-16-12(11)15)5-10-6-13-8(2)14(10)3/h6,9,11H,4-5,7H2,1-3H3/t9-,11-/m0/s1/i3D3,6D,9D.